The van der Waals surface area contributed by atoms with Gasteiger partial charge in [-0.2, -0.15) is 13.2 Å². The van der Waals surface area contributed by atoms with Crippen molar-refractivity contribution >= 4 is 17.2 Å². The quantitative estimate of drug-likeness (QED) is 0.308. The number of hydrogen-bond acceptors (Lipinski definition) is 7. The maximum atomic E-state index is 13.2. The van der Waals surface area contributed by atoms with Crippen LogP contribution in [0.15, 0.2) is 61.1 Å². The molecule has 0 spiro atoms. The number of ether oxygens (including phenoxy) is 1. The van der Waals surface area contributed by atoms with Crippen LogP contribution in [-0.4, -0.2) is 27.5 Å². The SMILES string of the molecule is CCOc1ncc(-c2ncc(C(=O)N[C@H](C)c3ccc(-c4cc(C(F)(F)F)ccc4CN)cc3)s2)cn1. The number of benzene rings is 2. The normalized spacial score (nSPS) is 12.3. The number of halogens is 3. The van der Waals surface area contributed by atoms with E-state index in [0.29, 0.717) is 38.7 Å². The number of carbonyl (C=O) groups is 1. The Labute approximate surface area is 215 Å². The summed E-state index contributed by atoms with van der Waals surface area (Å²) in [5.41, 5.74) is 8.13. The number of carbonyl (C=O) groups excluding carboxylic acids is 1. The fourth-order valence-corrected chi connectivity index (χ4v) is 4.44. The van der Waals surface area contributed by atoms with Gasteiger partial charge >= 0.3 is 12.2 Å². The van der Waals surface area contributed by atoms with E-state index in [4.69, 9.17) is 10.5 Å². The van der Waals surface area contributed by atoms with Gasteiger partial charge in [-0.15, -0.1) is 11.3 Å². The first-order chi connectivity index (χ1) is 17.7. The van der Waals surface area contributed by atoms with Crippen LogP contribution in [-0.2, 0) is 12.7 Å². The first-order valence-corrected chi connectivity index (χ1v) is 12.2. The number of thiazole rings is 1. The van der Waals surface area contributed by atoms with Gasteiger partial charge in [0.15, 0.2) is 0 Å². The number of hydrogen-bond donors (Lipinski definition) is 2. The lowest BCUT2D eigenvalue weighted by molar-refractivity contribution is -0.137. The molecule has 11 heteroatoms. The lowest BCUT2D eigenvalue weighted by Crippen LogP contribution is -2.25. The van der Waals surface area contributed by atoms with Crippen LogP contribution < -0.4 is 15.8 Å². The van der Waals surface area contributed by atoms with E-state index in [1.807, 2.05) is 13.8 Å². The van der Waals surface area contributed by atoms with Gasteiger partial charge in [0.05, 0.1) is 24.4 Å². The number of alkyl halides is 3. The van der Waals surface area contributed by atoms with Gasteiger partial charge in [0.25, 0.3) is 5.91 Å². The van der Waals surface area contributed by atoms with Gasteiger partial charge < -0.3 is 15.8 Å². The summed E-state index contributed by atoms with van der Waals surface area (Å²) in [5, 5.41) is 3.52. The molecule has 0 unspecified atom stereocenters. The zero-order chi connectivity index (χ0) is 26.6. The number of nitrogens with one attached hydrogen (secondary N) is 1. The summed E-state index contributed by atoms with van der Waals surface area (Å²) in [7, 11) is 0. The second-order valence-corrected chi connectivity index (χ2v) is 9.14. The monoisotopic (exact) mass is 527 g/mol. The van der Waals surface area contributed by atoms with E-state index in [2.05, 4.69) is 20.3 Å². The summed E-state index contributed by atoms with van der Waals surface area (Å²) in [6.45, 7) is 4.24. The second-order valence-electron chi connectivity index (χ2n) is 8.11. The standard InChI is InChI=1S/C26H24F3N5O2S/c1-3-36-25-32-12-19(13-33-25)24-31-14-22(37-24)23(35)34-15(2)16-4-6-17(7-5-16)21-10-20(26(27,28)29)9-8-18(21)11-30/h4-10,12-15H,3,11,30H2,1-2H3,(H,34,35)/t15-/m1/s1. The van der Waals surface area contributed by atoms with Gasteiger partial charge in [0, 0.05) is 24.5 Å². The number of rotatable bonds is 8. The van der Waals surface area contributed by atoms with Crippen molar-refractivity contribution in [1.82, 2.24) is 20.3 Å². The van der Waals surface area contributed by atoms with Gasteiger partial charge in [-0.1, -0.05) is 30.3 Å². The van der Waals surface area contributed by atoms with E-state index < -0.39 is 11.7 Å². The number of nitrogens with zero attached hydrogens (tertiary/aromatic N) is 3. The molecule has 2 heterocycles. The summed E-state index contributed by atoms with van der Waals surface area (Å²) >= 11 is 1.21. The first-order valence-electron chi connectivity index (χ1n) is 11.4. The van der Waals surface area contributed by atoms with Crippen LogP contribution >= 0.6 is 11.3 Å². The van der Waals surface area contributed by atoms with Gasteiger partial charge in [0.2, 0.25) is 0 Å². The molecule has 0 bridgehead atoms. The number of nitrogens with two attached hydrogens (primary N) is 1. The molecule has 0 aliphatic carbocycles. The van der Waals surface area contributed by atoms with E-state index in [0.717, 1.165) is 17.7 Å². The molecular weight excluding hydrogens is 503 g/mol. The van der Waals surface area contributed by atoms with Crippen LogP contribution in [0.4, 0.5) is 13.2 Å². The zero-order valence-electron chi connectivity index (χ0n) is 20.0. The van der Waals surface area contributed by atoms with Crippen LogP contribution in [0.25, 0.3) is 21.7 Å². The molecule has 0 aliphatic heterocycles. The van der Waals surface area contributed by atoms with E-state index in [1.165, 1.54) is 23.6 Å². The predicted octanol–water partition coefficient (Wildman–Crippen LogP) is 5.63. The maximum absolute atomic E-state index is 13.2. The molecule has 3 N–H and O–H groups in total. The predicted molar refractivity (Wildman–Crippen MR) is 135 cm³/mol. The van der Waals surface area contributed by atoms with Crippen molar-refractivity contribution in [2.24, 2.45) is 5.73 Å². The first kappa shape index (κ1) is 26.2. The summed E-state index contributed by atoms with van der Waals surface area (Å²) < 4.78 is 44.9. The molecule has 2 aromatic carbocycles. The Hall–Kier alpha value is -3.83. The van der Waals surface area contributed by atoms with Crippen LogP contribution in [0, 0.1) is 0 Å². The fourth-order valence-electron chi connectivity index (χ4n) is 3.64. The third-order valence-electron chi connectivity index (χ3n) is 5.60. The van der Waals surface area contributed by atoms with Crippen LogP contribution in [0.3, 0.4) is 0 Å². The molecule has 4 aromatic rings. The number of amides is 1. The molecule has 0 saturated carbocycles. The van der Waals surface area contributed by atoms with E-state index in [1.54, 1.807) is 36.7 Å². The van der Waals surface area contributed by atoms with Crippen LogP contribution in [0.1, 0.15) is 46.3 Å². The maximum Gasteiger partial charge on any atom is 0.416 e. The van der Waals surface area contributed by atoms with Crippen molar-refractivity contribution in [3.8, 4) is 27.7 Å². The highest BCUT2D eigenvalue weighted by molar-refractivity contribution is 7.16. The summed E-state index contributed by atoms with van der Waals surface area (Å²) in [4.78, 5) is 25.7. The van der Waals surface area contributed by atoms with Crippen molar-refractivity contribution in [3.05, 3.63) is 82.6 Å². The smallest absolute Gasteiger partial charge is 0.416 e. The molecular formula is C26H24F3N5O2S. The minimum absolute atomic E-state index is 0.112. The van der Waals surface area contributed by atoms with Crippen molar-refractivity contribution in [2.75, 3.05) is 6.61 Å². The molecule has 192 valence electrons. The van der Waals surface area contributed by atoms with Crippen LogP contribution in [0.5, 0.6) is 6.01 Å². The average molecular weight is 528 g/mol. The Bertz CT molecular complexity index is 1370. The van der Waals surface area contributed by atoms with Gasteiger partial charge in [-0.3, -0.25) is 4.79 Å². The molecule has 1 atom stereocenters. The number of aromatic nitrogens is 3. The topological polar surface area (TPSA) is 103 Å². The van der Waals surface area contributed by atoms with Crippen molar-refractivity contribution in [2.45, 2.75) is 32.6 Å². The largest absolute Gasteiger partial charge is 0.464 e. The van der Waals surface area contributed by atoms with Crippen LogP contribution in [0.2, 0.25) is 0 Å². The van der Waals surface area contributed by atoms with E-state index in [9.17, 15) is 18.0 Å². The van der Waals surface area contributed by atoms with Crippen molar-refractivity contribution in [1.29, 1.82) is 0 Å². The highest BCUT2D eigenvalue weighted by Gasteiger charge is 2.31. The molecule has 37 heavy (non-hydrogen) atoms. The Morgan fingerprint density at radius 1 is 1.05 bits per heavy atom. The minimum atomic E-state index is -4.45. The molecule has 0 aliphatic rings. The van der Waals surface area contributed by atoms with E-state index in [-0.39, 0.29) is 24.5 Å². The molecule has 0 fully saturated rings. The minimum Gasteiger partial charge on any atom is -0.464 e. The molecule has 2 aromatic heterocycles. The molecule has 0 saturated heterocycles. The fraction of sp³-hybridized carbons (Fsp3) is 0.231. The van der Waals surface area contributed by atoms with Crippen molar-refractivity contribution in [3.63, 3.8) is 0 Å². The van der Waals surface area contributed by atoms with Gasteiger partial charge in [-0.25, -0.2) is 15.0 Å². The highest BCUT2D eigenvalue weighted by atomic mass is 32.1. The Kier molecular flexibility index (Phi) is 7.84. The summed E-state index contributed by atoms with van der Waals surface area (Å²) in [6.07, 6.45) is 0.215. The lowest BCUT2D eigenvalue weighted by atomic mass is 9.95. The van der Waals surface area contributed by atoms with E-state index >= 15 is 0 Å². The third-order valence-corrected chi connectivity index (χ3v) is 6.65. The zero-order valence-corrected chi connectivity index (χ0v) is 20.9. The Morgan fingerprint density at radius 3 is 2.38 bits per heavy atom. The summed E-state index contributed by atoms with van der Waals surface area (Å²) in [6, 6.07) is 10.5. The molecule has 4 rings (SSSR count). The van der Waals surface area contributed by atoms with Gasteiger partial charge in [-0.05, 0) is 48.2 Å². The second kappa shape index (κ2) is 11.1. The lowest BCUT2D eigenvalue weighted by Gasteiger charge is -2.16. The summed E-state index contributed by atoms with van der Waals surface area (Å²) in [5.74, 6) is -0.296. The average Bonchev–Trinajstić information content (AvgIpc) is 3.39. The third kappa shape index (κ3) is 6.12. The Morgan fingerprint density at radius 2 is 1.76 bits per heavy atom. The molecule has 7 nitrogen and oxygen atoms in total. The Balaban J connectivity index is 1.46. The molecule has 0 radical (unpaired) electrons. The van der Waals surface area contributed by atoms with Gasteiger partial charge in [0.1, 0.15) is 9.88 Å². The highest BCUT2D eigenvalue weighted by Crippen LogP contribution is 2.34. The van der Waals surface area contributed by atoms with Crippen molar-refractivity contribution < 1.29 is 22.7 Å². The molecule has 1 amide bonds.